The van der Waals surface area contributed by atoms with E-state index in [0.717, 1.165) is 0 Å². The summed E-state index contributed by atoms with van der Waals surface area (Å²) >= 11 is 5.93. The topological polar surface area (TPSA) is 78.1 Å². The number of hydrogen-bond donors (Lipinski definition) is 1. The van der Waals surface area contributed by atoms with Crippen LogP contribution < -0.4 is 5.73 Å². The smallest absolute Gasteiger partial charge is 0.357 e. The van der Waals surface area contributed by atoms with Crippen molar-refractivity contribution in [1.29, 1.82) is 0 Å². The quantitative estimate of drug-likeness (QED) is 0.669. The van der Waals surface area contributed by atoms with Crippen molar-refractivity contribution in [2.24, 2.45) is 0 Å². The molecule has 0 aliphatic rings. The van der Waals surface area contributed by atoms with E-state index in [4.69, 9.17) is 22.1 Å². The van der Waals surface area contributed by atoms with E-state index in [1.165, 1.54) is 13.2 Å². The maximum Gasteiger partial charge on any atom is 0.357 e. The van der Waals surface area contributed by atoms with Gasteiger partial charge in [0.25, 0.3) is 0 Å². The fraction of sp³-hybridized carbons (Fsp3) is 0.350. The summed E-state index contributed by atoms with van der Waals surface area (Å²) < 4.78 is 19.4. The molecule has 0 atom stereocenters. The first-order chi connectivity index (χ1) is 13.0. The zero-order valence-corrected chi connectivity index (χ0v) is 18.8. The molecule has 154 valence electrons. The molecule has 28 heavy (non-hydrogen) atoms. The number of ether oxygens (including phenoxy) is 1. The first kappa shape index (κ1) is 23.9. The SMILES string of the molecule is CC.COC(=O)c1nc(-c2ccc(Cl)c(C)c2F)nc(N)c1/C=C/S(C)(C)C. The van der Waals surface area contributed by atoms with Crippen LogP contribution in [0.1, 0.15) is 35.5 Å². The maximum atomic E-state index is 14.6. The third kappa shape index (κ3) is 5.69. The van der Waals surface area contributed by atoms with E-state index in [-0.39, 0.29) is 28.5 Å². The predicted molar refractivity (Wildman–Crippen MR) is 119 cm³/mol. The minimum atomic E-state index is -0.986. The first-order valence-electron chi connectivity index (χ1n) is 8.62. The lowest BCUT2D eigenvalue weighted by molar-refractivity contribution is 0.0593. The van der Waals surface area contributed by atoms with E-state index in [1.54, 1.807) is 19.1 Å². The Kier molecular flexibility index (Phi) is 8.45. The Morgan fingerprint density at radius 1 is 1.25 bits per heavy atom. The van der Waals surface area contributed by atoms with E-state index in [1.807, 2.05) is 19.3 Å². The minimum absolute atomic E-state index is 0.000391. The molecule has 2 rings (SSSR count). The highest BCUT2D eigenvalue weighted by Gasteiger charge is 2.21. The number of rotatable bonds is 4. The molecule has 0 fully saturated rings. The van der Waals surface area contributed by atoms with Gasteiger partial charge in [-0.15, -0.1) is 0 Å². The standard InChI is InChI=1S/C18H21ClFN3O2S.C2H6/c1-10-13(19)7-6-11(14(10)20)17-22-15(18(24)25-2)12(16(21)23-17)8-9-26(3,4)5;1-2/h6-9H,1-5H3,(H2,21,22,23);1-2H3/b9-8+;. The van der Waals surface area contributed by atoms with Crippen LogP contribution in [0.4, 0.5) is 10.2 Å². The number of anilines is 1. The van der Waals surface area contributed by atoms with Gasteiger partial charge in [-0.25, -0.2) is 29.2 Å². The fourth-order valence-corrected chi connectivity index (χ4v) is 2.82. The molecule has 0 saturated carbocycles. The molecule has 0 bridgehead atoms. The van der Waals surface area contributed by atoms with Crippen molar-refractivity contribution in [2.45, 2.75) is 20.8 Å². The molecule has 5 nitrogen and oxygen atoms in total. The van der Waals surface area contributed by atoms with Crippen molar-refractivity contribution < 1.29 is 13.9 Å². The van der Waals surface area contributed by atoms with Crippen molar-refractivity contribution in [2.75, 3.05) is 31.6 Å². The molecule has 0 amide bonds. The largest absolute Gasteiger partial charge is 0.464 e. The van der Waals surface area contributed by atoms with Crippen LogP contribution in [-0.4, -0.2) is 41.8 Å². The number of carbonyl (C=O) groups excluding carboxylic acids is 1. The van der Waals surface area contributed by atoms with Crippen LogP contribution in [0.2, 0.25) is 5.02 Å². The van der Waals surface area contributed by atoms with Crippen molar-refractivity contribution in [3.63, 3.8) is 0 Å². The minimum Gasteiger partial charge on any atom is -0.464 e. The Labute approximate surface area is 172 Å². The van der Waals surface area contributed by atoms with E-state index in [0.29, 0.717) is 10.6 Å². The number of hydrogen-bond acceptors (Lipinski definition) is 5. The van der Waals surface area contributed by atoms with Gasteiger partial charge in [-0.2, -0.15) is 0 Å². The molecule has 0 aliphatic carbocycles. The molecule has 0 saturated heterocycles. The average molecular weight is 428 g/mol. The number of carbonyl (C=O) groups is 1. The van der Waals surface area contributed by atoms with Gasteiger partial charge in [0.1, 0.15) is 11.6 Å². The molecule has 1 aromatic carbocycles. The lowest BCUT2D eigenvalue weighted by Crippen LogP contribution is -2.12. The summed E-state index contributed by atoms with van der Waals surface area (Å²) in [6.45, 7) is 5.55. The van der Waals surface area contributed by atoms with Crippen LogP contribution in [0.25, 0.3) is 17.5 Å². The molecular formula is C20H27ClFN3O2S. The third-order valence-corrected chi connectivity index (χ3v) is 4.92. The molecule has 1 heterocycles. The predicted octanol–water partition coefficient (Wildman–Crippen LogP) is 5.30. The van der Waals surface area contributed by atoms with E-state index in [9.17, 15) is 9.18 Å². The van der Waals surface area contributed by atoms with Gasteiger partial charge >= 0.3 is 5.97 Å². The lowest BCUT2D eigenvalue weighted by Gasteiger charge is -2.19. The monoisotopic (exact) mass is 427 g/mol. The summed E-state index contributed by atoms with van der Waals surface area (Å²) in [5.41, 5.74) is 6.78. The number of benzene rings is 1. The molecule has 2 aromatic rings. The van der Waals surface area contributed by atoms with Gasteiger partial charge in [-0.1, -0.05) is 25.4 Å². The van der Waals surface area contributed by atoms with Crippen LogP contribution in [0.5, 0.6) is 0 Å². The Morgan fingerprint density at radius 2 is 1.86 bits per heavy atom. The summed E-state index contributed by atoms with van der Waals surface area (Å²) in [5.74, 6) is -1.16. The van der Waals surface area contributed by atoms with Gasteiger partial charge < -0.3 is 10.5 Å². The normalized spacial score (nSPS) is 11.8. The zero-order chi connectivity index (χ0) is 21.6. The molecule has 0 aliphatic heterocycles. The molecule has 1 aromatic heterocycles. The molecule has 8 heteroatoms. The van der Waals surface area contributed by atoms with Crippen LogP contribution in [0, 0.1) is 12.7 Å². The van der Waals surface area contributed by atoms with Gasteiger partial charge in [0.2, 0.25) is 0 Å². The second kappa shape index (κ2) is 9.89. The highest BCUT2D eigenvalue weighted by atomic mass is 35.5. The summed E-state index contributed by atoms with van der Waals surface area (Å²) in [4.78, 5) is 20.6. The average Bonchev–Trinajstić information content (AvgIpc) is 2.65. The van der Waals surface area contributed by atoms with Gasteiger partial charge in [0.15, 0.2) is 11.5 Å². The Bertz CT molecular complexity index is 896. The fourth-order valence-electron chi connectivity index (χ4n) is 2.13. The van der Waals surface area contributed by atoms with Gasteiger partial charge in [-0.05, 0) is 49.3 Å². The van der Waals surface area contributed by atoms with Crippen molar-refractivity contribution in [3.8, 4) is 11.4 Å². The lowest BCUT2D eigenvalue weighted by atomic mass is 10.1. The van der Waals surface area contributed by atoms with Crippen LogP contribution in [0.3, 0.4) is 0 Å². The van der Waals surface area contributed by atoms with Crippen LogP contribution >= 0.6 is 21.6 Å². The second-order valence-corrected chi connectivity index (χ2v) is 11.0. The first-order valence-corrected chi connectivity index (χ1v) is 11.9. The Morgan fingerprint density at radius 3 is 2.39 bits per heavy atom. The Balaban J connectivity index is 0.00000190. The number of esters is 1. The number of nitrogens with zero attached hydrogens (tertiary/aromatic N) is 2. The van der Waals surface area contributed by atoms with Crippen LogP contribution in [-0.2, 0) is 4.74 Å². The van der Waals surface area contributed by atoms with E-state index < -0.39 is 21.8 Å². The van der Waals surface area contributed by atoms with Crippen molar-refractivity contribution in [1.82, 2.24) is 9.97 Å². The summed E-state index contributed by atoms with van der Waals surface area (Å²) in [5, 5.41) is 2.25. The van der Waals surface area contributed by atoms with Crippen LogP contribution in [0.15, 0.2) is 17.5 Å². The number of nitrogen functional groups attached to an aromatic ring is 1. The van der Waals surface area contributed by atoms with Gasteiger partial charge in [0, 0.05) is 10.6 Å². The highest BCUT2D eigenvalue weighted by Crippen LogP contribution is 2.38. The highest BCUT2D eigenvalue weighted by molar-refractivity contribution is 8.34. The van der Waals surface area contributed by atoms with E-state index >= 15 is 0 Å². The number of nitrogens with two attached hydrogens (primary N) is 1. The summed E-state index contributed by atoms with van der Waals surface area (Å²) in [7, 11) is 0.260. The molecule has 0 spiro atoms. The molecule has 0 radical (unpaired) electrons. The third-order valence-electron chi connectivity index (χ3n) is 3.56. The molecule has 2 N–H and O–H groups in total. The van der Waals surface area contributed by atoms with Gasteiger partial charge in [-0.3, -0.25) is 0 Å². The maximum absolute atomic E-state index is 14.6. The summed E-state index contributed by atoms with van der Waals surface area (Å²) in [6, 6.07) is 3.00. The summed E-state index contributed by atoms with van der Waals surface area (Å²) in [6.07, 6.45) is 7.96. The number of methoxy groups -OCH3 is 1. The Hall–Kier alpha value is -2.12. The molecular weight excluding hydrogens is 401 g/mol. The zero-order valence-electron chi connectivity index (χ0n) is 17.3. The van der Waals surface area contributed by atoms with Gasteiger partial charge in [0.05, 0.1) is 18.2 Å². The van der Waals surface area contributed by atoms with Crippen molar-refractivity contribution in [3.05, 3.63) is 45.2 Å². The number of aromatic nitrogens is 2. The molecule has 0 unspecified atom stereocenters. The second-order valence-electron chi connectivity index (χ2n) is 6.45. The van der Waals surface area contributed by atoms with E-state index in [2.05, 4.69) is 28.7 Å². The van der Waals surface area contributed by atoms with Crippen molar-refractivity contribution >= 4 is 39.5 Å². The number of halogens is 2.